The Balaban J connectivity index is 1.04. The maximum Gasteiger partial charge on any atom is 0.143 e. The fourth-order valence-corrected chi connectivity index (χ4v) is 8.43. The van der Waals surface area contributed by atoms with Crippen LogP contribution in [0.5, 0.6) is 0 Å². The maximum absolute atomic E-state index is 6.94. The van der Waals surface area contributed by atoms with Crippen LogP contribution in [0.4, 0.5) is 0 Å². The molecule has 0 spiro atoms. The third-order valence-electron chi connectivity index (χ3n) is 10.7. The molecular weight excluding hydrogens is 623 g/mol. The van der Waals surface area contributed by atoms with E-state index < -0.39 is 0 Å². The van der Waals surface area contributed by atoms with Gasteiger partial charge < -0.3 is 13.4 Å². The average molecular weight is 654 g/mol. The summed E-state index contributed by atoms with van der Waals surface area (Å²) in [6, 6.07) is 54.0. The molecule has 240 valence electrons. The van der Waals surface area contributed by atoms with Crippen molar-refractivity contribution >= 4 is 71.3 Å². The largest absolute Gasteiger partial charge is 0.456 e. The summed E-state index contributed by atoms with van der Waals surface area (Å²) >= 11 is 0. The molecule has 0 aliphatic heterocycles. The van der Waals surface area contributed by atoms with Gasteiger partial charge in [-0.05, 0) is 47.9 Å². The molecule has 0 radical (unpaired) electrons. The summed E-state index contributed by atoms with van der Waals surface area (Å²) in [4.78, 5) is 0. The molecular formula is C48H31NO2. The number of hydrogen-bond acceptors (Lipinski definition) is 2. The number of nitrogens with zero attached hydrogens (tertiary/aromatic N) is 1. The first-order valence-electron chi connectivity index (χ1n) is 17.6. The Kier molecular flexibility index (Phi) is 6.08. The average Bonchev–Trinajstić information content (AvgIpc) is 3.88. The van der Waals surface area contributed by atoms with E-state index in [-0.39, 0.29) is 5.92 Å². The zero-order chi connectivity index (χ0) is 33.5. The molecule has 51 heavy (non-hydrogen) atoms. The third kappa shape index (κ3) is 4.25. The Morgan fingerprint density at radius 2 is 1.10 bits per heavy atom. The SMILES string of the molecule is C1=CC(c2cccc3c2oc2c(-c4cccc(-n5c6ccccc6c6ccccc65)c4)cccc23)=CC(c2cccc3c2oc2ccccc23)C1. The van der Waals surface area contributed by atoms with E-state index in [1.807, 2.05) is 6.07 Å². The van der Waals surface area contributed by atoms with Crippen molar-refractivity contribution in [2.24, 2.45) is 0 Å². The van der Waals surface area contributed by atoms with Crippen molar-refractivity contribution in [3.05, 3.63) is 181 Å². The van der Waals surface area contributed by atoms with Crippen LogP contribution in [-0.4, -0.2) is 4.57 Å². The number of para-hydroxylation sites is 6. The minimum absolute atomic E-state index is 0.188. The molecule has 0 fully saturated rings. The molecule has 1 unspecified atom stereocenters. The van der Waals surface area contributed by atoms with Gasteiger partial charge in [-0.2, -0.15) is 0 Å². The second-order valence-corrected chi connectivity index (χ2v) is 13.6. The molecule has 0 saturated heterocycles. The van der Waals surface area contributed by atoms with Gasteiger partial charge in [0.05, 0.1) is 11.0 Å². The maximum atomic E-state index is 6.94. The van der Waals surface area contributed by atoms with Crippen LogP contribution < -0.4 is 0 Å². The predicted octanol–water partition coefficient (Wildman–Crippen LogP) is 13.4. The predicted molar refractivity (Wildman–Crippen MR) is 212 cm³/mol. The van der Waals surface area contributed by atoms with Crippen LogP contribution >= 0.6 is 0 Å². The standard InChI is InChI=1S/C48H31NO2/c1-4-25-43-37(16-1)38-17-2-5-26-44(38)49(43)33-15-8-14-32(29-33)36-21-11-24-42-41-23-10-20-35(47(41)51-48(36)42)31-13-7-12-30(28-31)34-19-9-22-40-39-18-3-6-27-45(39)50-46(34)40/h1-11,13-30H,12H2. The number of furan rings is 2. The summed E-state index contributed by atoms with van der Waals surface area (Å²) in [5, 5.41) is 7.09. The molecule has 0 N–H and O–H groups in total. The summed E-state index contributed by atoms with van der Waals surface area (Å²) < 4.78 is 15.8. The second-order valence-electron chi connectivity index (χ2n) is 13.6. The van der Waals surface area contributed by atoms with Gasteiger partial charge in [-0.1, -0.05) is 140 Å². The Bertz CT molecular complexity index is 3020. The molecule has 7 aromatic carbocycles. The van der Waals surface area contributed by atoms with Crippen LogP contribution in [0, 0.1) is 0 Å². The smallest absolute Gasteiger partial charge is 0.143 e. The van der Waals surface area contributed by atoms with Crippen molar-refractivity contribution in [1.29, 1.82) is 0 Å². The normalized spacial score (nSPS) is 14.8. The van der Waals surface area contributed by atoms with Gasteiger partial charge in [0.2, 0.25) is 0 Å². The molecule has 0 amide bonds. The minimum atomic E-state index is 0.188. The first-order chi connectivity index (χ1) is 25.3. The van der Waals surface area contributed by atoms with E-state index in [0.717, 1.165) is 67.3 Å². The lowest BCUT2D eigenvalue weighted by molar-refractivity contribution is 0.657. The van der Waals surface area contributed by atoms with Gasteiger partial charge in [0.25, 0.3) is 0 Å². The van der Waals surface area contributed by atoms with E-state index in [9.17, 15) is 0 Å². The third-order valence-corrected chi connectivity index (χ3v) is 10.7. The van der Waals surface area contributed by atoms with Crippen LogP contribution in [0.15, 0.2) is 179 Å². The fraction of sp³-hybridized carbons (Fsp3) is 0.0417. The van der Waals surface area contributed by atoms with E-state index in [4.69, 9.17) is 8.83 Å². The molecule has 0 bridgehead atoms. The summed E-state index contributed by atoms with van der Waals surface area (Å²) in [6.07, 6.45) is 7.84. The van der Waals surface area contributed by atoms with Crippen molar-refractivity contribution in [2.45, 2.75) is 12.3 Å². The lowest BCUT2D eigenvalue weighted by Gasteiger charge is -2.18. The van der Waals surface area contributed by atoms with Crippen molar-refractivity contribution in [2.75, 3.05) is 0 Å². The van der Waals surface area contributed by atoms with Gasteiger partial charge in [-0.25, -0.2) is 0 Å². The van der Waals surface area contributed by atoms with Crippen molar-refractivity contribution in [1.82, 2.24) is 4.57 Å². The Morgan fingerprint density at radius 3 is 1.88 bits per heavy atom. The zero-order valence-electron chi connectivity index (χ0n) is 27.7. The number of hydrogen-bond donors (Lipinski definition) is 0. The Hall–Kier alpha value is -6.58. The lowest BCUT2D eigenvalue weighted by atomic mass is 9.86. The molecule has 10 aromatic rings. The first-order valence-corrected chi connectivity index (χ1v) is 17.6. The van der Waals surface area contributed by atoms with E-state index in [0.29, 0.717) is 0 Å². The van der Waals surface area contributed by atoms with Crippen molar-refractivity contribution in [3.63, 3.8) is 0 Å². The molecule has 3 heteroatoms. The van der Waals surface area contributed by atoms with Gasteiger partial charge in [0, 0.05) is 60.6 Å². The number of fused-ring (bicyclic) bond motifs is 9. The second kappa shape index (κ2) is 11.0. The molecule has 1 aliphatic carbocycles. The Labute approximate surface area is 294 Å². The van der Waals surface area contributed by atoms with Gasteiger partial charge >= 0.3 is 0 Å². The van der Waals surface area contributed by atoms with Crippen molar-refractivity contribution in [3.8, 4) is 16.8 Å². The number of aromatic nitrogens is 1. The summed E-state index contributed by atoms with van der Waals surface area (Å²) in [5.41, 5.74) is 12.9. The van der Waals surface area contributed by atoms with Gasteiger partial charge in [-0.15, -0.1) is 0 Å². The molecule has 3 nitrogen and oxygen atoms in total. The minimum Gasteiger partial charge on any atom is -0.456 e. The molecule has 11 rings (SSSR count). The van der Waals surface area contributed by atoms with E-state index in [1.165, 1.54) is 38.3 Å². The van der Waals surface area contributed by atoms with Crippen LogP contribution in [0.1, 0.15) is 23.5 Å². The summed E-state index contributed by atoms with van der Waals surface area (Å²) in [6.45, 7) is 0. The lowest BCUT2D eigenvalue weighted by Crippen LogP contribution is -2.00. The van der Waals surface area contributed by atoms with Gasteiger partial charge in [-0.3, -0.25) is 0 Å². The highest BCUT2D eigenvalue weighted by atomic mass is 16.3. The summed E-state index contributed by atoms with van der Waals surface area (Å²) in [5.74, 6) is 0.188. The molecule has 1 atom stereocenters. The van der Waals surface area contributed by atoms with E-state index >= 15 is 0 Å². The molecule has 3 aromatic heterocycles. The van der Waals surface area contributed by atoms with Crippen LogP contribution in [0.2, 0.25) is 0 Å². The van der Waals surface area contributed by atoms with Crippen LogP contribution in [-0.2, 0) is 0 Å². The Morgan fingerprint density at radius 1 is 0.490 bits per heavy atom. The highest BCUT2D eigenvalue weighted by molar-refractivity contribution is 6.13. The highest BCUT2D eigenvalue weighted by Crippen LogP contribution is 2.43. The van der Waals surface area contributed by atoms with Crippen molar-refractivity contribution < 1.29 is 8.83 Å². The quantitative estimate of drug-likeness (QED) is 0.189. The first kappa shape index (κ1) is 28.3. The fourth-order valence-electron chi connectivity index (χ4n) is 8.43. The number of rotatable bonds is 4. The van der Waals surface area contributed by atoms with Gasteiger partial charge in [0.1, 0.15) is 22.3 Å². The van der Waals surface area contributed by atoms with E-state index in [2.05, 4.69) is 168 Å². The van der Waals surface area contributed by atoms with E-state index in [1.54, 1.807) is 0 Å². The number of allylic oxidation sites excluding steroid dienone is 4. The molecule has 0 saturated carbocycles. The molecule has 3 heterocycles. The van der Waals surface area contributed by atoms with Gasteiger partial charge in [0.15, 0.2) is 0 Å². The molecule has 1 aliphatic rings. The topological polar surface area (TPSA) is 31.2 Å². The highest BCUT2D eigenvalue weighted by Gasteiger charge is 2.22. The number of benzene rings is 7. The van der Waals surface area contributed by atoms with Crippen LogP contribution in [0.25, 0.3) is 88.1 Å². The summed E-state index contributed by atoms with van der Waals surface area (Å²) in [7, 11) is 0. The monoisotopic (exact) mass is 653 g/mol. The zero-order valence-corrected chi connectivity index (χ0v) is 27.7. The van der Waals surface area contributed by atoms with Crippen LogP contribution in [0.3, 0.4) is 0 Å².